The van der Waals surface area contributed by atoms with E-state index < -0.39 is 12.1 Å². The molecule has 1 amide bonds. The van der Waals surface area contributed by atoms with Gasteiger partial charge < -0.3 is 20.3 Å². The van der Waals surface area contributed by atoms with Crippen molar-refractivity contribution in [2.45, 2.75) is 373 Å². The molecule has 6 heteroatoms. The number of unbranched alkanes of at least 4 members (excludes halogenated alkanes) is 47. The molecule has 70 heavy (non-hydrogen) atoms. The van der Waals surface area contributed by atoms with Crippen LogP contribution in [-0.2, 0) is 14.3 Å². The highest BCUT2D eigenvalue weighted by molar-refractivity contribution is 5.76. The van der Waals surface area contributed by atoms with Crippen LogP contribution in [0.1, 0.15) is 361 Å². The molecule has 0 aliphatic rings. The van der Waals surface area contributed by atoms with Gasteiger partial charge in [-0.05, 0) is 51.4 Å². The molecular weight excluding hydrogens is 863 g/mol. The van der Waals surface area contributed by atoms with Gasteiger partial charge in [-0.3, -0.25) is 9.59 Å². The number of hydrogen-bond donors (Lipinski definition) is 3. The Kier molecular flexibility index (Phi) is 59.0. The third kappa shape index (κ3) is 55.9. The maximum atomic E-state index is 12.5. The van der Waals surface area contributed by atoms with Gasteiger partial charge in [-0.2, -0.15) is 0 Å². The van der Waals surface area contributed by atoms with Crippen molar-refractivity contribution in [3.8, 4) is 0 Å². The average molecular weight is 989 g/mol. The second-order valence-electron chi connectivity index (χ2n) is 22.1. The number of rotatable bonds is 60. The molecule has 0 fully saturated rings. The summed E-state index contributed by atoms with van der Waals surface area (Å²) in [7, 11) is 0. The summed E-state index contributed by atoms with van der Waals surface area (Å²) in [4.78, 5) is 24.6. The predicted octanol–water partition coefficient (Wildman–Crippen LogP) is 20.0. The molecule has 0 aliphatic carbocycles. The van der Waals surface area contributed by atoms with E-state index >= 15 is 0 Å². The van der Waals surface area contributed by atoms with Gasteiger partial charge in [-0.25, -0.2) is 0 Å². The van der Waals surface area contributed by atoms with E-state index in [1.807, 2.05) is 0 Å². The van der Waals surface area contributed by atoms with Crippen LogP contribution in [0.15, 0.2) is 12.2 Å². The van der Waals surface area contributed by atoms with Gasteiger partial charge in [-0.15, -0.1) is 0 Å². The van der Waals surface area contributed by atoms with Gasteiger partial charge in [0.25, 0.3) is 0 Å². The summed E-state index contributed by atoms with van der Waals surface area (Å²) in [5, 5.41) is 23.4. The number of amides is 1. The highest BCUT2D eigenvalue weighted by Gasteiger charge is 2.20. The molecule has 2 unspecified atom stereocenters. The van der Waals surface area contributed by atoms with Gasteiger partial charge in [0, 0.05) is 12.8 Å². The number of ether oxygens (including phenoxy) is 1. The first kappa shape index (κ1) is 68.6. The molecule has 2 atom stereocenters. The lowest BCUT2D eigenvalue weighted by Gasteiger charge is -2.22. The number of allylic oxidation sites excluding steroid dienone is 2. The quantitative estimate of drug-likeness (QED) is 0.0321. The van der Waals surface area contributed by atoms with Gasteiger partial charge in [-0.1, -0.05) is 309 Å². The van der Waals surface area contributed by atoms with Gasteiger partial charge in [0.2, 0.25) is 5.91 Å². The smallest absolute Gasteiger partial charge is 0.305 e. The monoisotopic (exact) mass is 988 g/mol. The van der Waals surface area contributed by atoms with Crippen LogP contribution in [-0.4, -0.2) is 47.4 Å². The second kappa shape index (κ2) is 60.2. The van der Waals surface area contributed by atoms with Crippen LogP contribution in [0.5, 0.6) is 0 Å². The van der Waals surface area contributed by atoms with E-state index in [9.17, 15) is 19.8 Å². The molecule has 0 aromatic carbocycles. The lowest BCUT2D eigenvalue weighted by atomic mass is 10.0. The van der Waals surface area contributed by atoms with Gasteiger partial charge >= 0.3 is 5.97 Å². The first-order valence-corrected chi connectivity index (χ1v) is 31.9. The Morgan fingerprint density at radius 1 is 0.386 bits per heavy atom. The van der Waals surface area contributed by atoms with Crippen LogP contribution in [0.4, 0.5) is 0 Å². The first-order valence-electron chi connectivity index (χ1n) is 31.9. The van der Waals surface area contributed by atoms with E-state index in [2.05, 4.69) is 31.3 Å². The third-order valence-corrected chi connectivity index (χ3v) is 15.1. The number of aliphatic hydroxyl groups is 2. The van der Waals surface area contributed by atoms with E-state index in [0.29, 0.717) is 25.9 Å². The van der Waals surface area contributed by atoms with E-state index in [1.54, 1.807) is 0 Å². The van der Waals surface area contributed by atoms with Crippen molar-refractivity contribution in [3.05, 3.63) is 12.2 Å². The number of carbonyl (C=O) groups is 2. The minimum atomic E-state index is -0.674. The number of esters is 1. The van der Waals surface area contributed by atoms with Crippen molar-refractivity contribution in [3.63, 3.8) is 0 Å². The van der Waals surface area contributed by atoms with Crippen molar-refractivity contribution in [2.24, 2.45) is 0 Å². The zero-order chi connectivity index (χ0) is 50.7. The van der Waals surface area contributed by atoms with Crippen LogP contribution < -0.4 is 5.32 Å². The first-order chi connectivity index (χ1) is 34.5. The number of carbonyl (C=O) groups excluding carboxylic acids is 2. The average Bonchev–Trinajstić information content (AvgIpc) is 3.36. The van der Waals surface area contributed by atoms with Crippen molar-refractivity contribution < 1.29 is 24.5 Å². The lowest BCUT2D eigenvalue weighted by Crippen LogP contribution is -2.45. The molecule has 0 aliphatic heterocycles. The van der Waals surface area contributed by atoms with Crippen LogP contribution in [0.3, 0.4) is 0 Å². The topological polar surface area (TPSA) is 95.9 Å². The number of hydrogen-bond acceptors (Lipinski definition) is 5. The highest BCUT2D eigenvalue weighted by atomic mass is 16.5. The fourth-order valence-electron chi connectivity index (χ4n) is 10.2. The molecule has 0 aromatic heterocycles. The SMILES string of the molecule is CCCCCCCCC/C=C\CCCCCCCC(=O)OCCCCCCCCCCCCCCCC(=O)NC(CO)C(O)CCCCCCCCCCCCCCCCCCCCCCCCCC. The highest BCUT2D eigenvalue weighted by Crippen LogP contribution is 2.18. The fraction of sp³-hybridized carbons (Fsp3) is 0.938. The lowest BCUT2D eigenvalue weighted by molar-refractivity contribution is -0.143. The molecule has 0 radical (unpaired) electrons. The summed E-state index contributed by atoms with van der Waals surface area (Å²) in [6, 6.07) is -0.552. The second-order valence-corrected chi connectivity index (χ2v) is 22.1. The summed E-state index contributed by atoms with van der Waals surface area (Å²) < 4.78 is 5.48. The summed E-state index contributed by atoms with van der Waals surface area (Å²) in [6.45, 7) is 4.95. The summed E-state index contributed by atoms with van der Waals surface area (Å²) in [6.07, 6.45) is 72.2. The predicted molar refractivity (Wildman–Crippen MR) is 306 cm³/mol. The largest absolute Gasteiger partial charge is 0.466 e. The zero-order valence-electron chi connectivity index (χ0n) is 47.5. The molecule has 0 saturated carbocycles. The zero-order valence-corrected chi connectivity index (χ0v) is 47.5. The Morgan fingerprint density at radius 2 is 0.671 bits per heavy atom. The van der Waals surface area contributed by atoms with Gasteiger partial charge in [0.15, 0.2) is 0 Å². The van der Waals surface area contributed by atoms with Crippen molar-refractivity contribution in [1.82, 2.24) is 5.32 Å². The van der Waals surface area contributed by atoms with Crippen molar-refractivity contribution in [2.75, 3.05) is 13.2 Å². The fourth-order valence-corrected chi connectivity index (χ4v) is 10.2. The van der Waals surface area contributed by atoms with Crippen LogP contribution in [0, 0.1) is 0 Å². The summed E-state index contributed by atoms with van der Waals surface area (Å²) >= 11 is 0. The maximum Gasteiger partial charge on any atom is 0.305 e. The van der Waals surface area contributed by atoms with E-state index in [4.69, 9.17) is 4.74 Å². The number of aliphatic hydroxyl groups excluding tert-OH is 2. The number of nitrogens with one attached hydrogen (secondary N) is 1. The van der Waals surface area contributed by atoms with Gasteiger partial charge in [0.1, 0.15) is 0 Å². The Balaban J connectivity index is 3.43. The molecule has 0 rings (SSSR count). The molecule has 0 aromatic rings. The van der Waals surface area contributed by atoms with E-state index in [0.717, 1.165) is 51.4 Å². The van der Waals surface area contributed by atoms with E-state index in [-0.39, 0.29) is 18.5 Å². The summed E-state index contributed by atoms with van der Waals surface area (Å²) in [5.41, 5.74) is 0. The van der Waals surface area contributed by atoms with Crippen LogP contribution >= 0.6 is 0 Å². The Bertz CT molecular complexity index is 1050. The Hall–Kier alpha value is -1.40. The van der Waals surface area contributed by atoms with Crippen molar-refractivity contribution >= 4 is 11.9 Å². The van der Waals surface area contributed by atoms with Crippen LogP contribution in [0.25, 0.3) is 0 Å². The minimum Gasteiger partial charge on any atom is -0.466 e. The molecule has 6 nitrogen and oxygen atoms in total. The maximum absolute atomic E-state index is 12.5. The molecule has 0 saturated heterocycles. The molecule has 416 valence electrons. The van der Waals surface area contributed by atoms with E-state index in [1.165, 1.54) is 276 Å². The molecule has 3 N–H and O–H groups in total. The summed E-state index contributed by atoms with van der Waals surface area (Å²) in [5.74, 6) is -0.0549. The third-order valence-electron chi connectivity index (χ3n) is 15.1. The Morgan fingerprint density at radius 3 is 1.01 bits per heavy atom. The molecule has 0 bridgehead atoms. The van der Waals surface area contributed by atoms with Crippen LogP contribution in [0.2, 0.25) is 0 Å². The molecular formula is C64H125NO5. The Labute approximate surface area is 438 Å². The molecule has 0 spiro atoms. The normalized spacial score (nSPS) is 12.6. The molecule has 0 heterocycles. The standard InChI is InChI=1S/C64H125NO5/c1-3-5-7-9-11-13-15-17-19-21-22-23-24-25-26-27-28-29-32-36-40-44-48-52-56-62(67)61(60-66)65-63(68)57-53-49-45-41-37-33-31-35-39-43-47-51-55-59-70-64(69)58-54-50-46-42-38-34-30-20-18-16-14-12-10-8-6-4-2/h20,30,61-62,66-67H,3-19,21-29,31-60H2,1-2H3,(H,65,68)/b30-20-. The van der Waals surface area contributed by atoms with Gasteiger partial charge in [0.05, 0.1) is 25.4 Å². The minimum absolute atomic E-state index is 0.0113. The van der Waals surface area contributed by atoms with Crippen molar-refractivity contribution in [1.29, 1.82) is 0 Å².